The molecule has 1 aliphatic heterocycles. The number of Topliss-reactive ketones (excluding diaryl/α,β-unsaturated/α-hetero) is 2. The van der Waals surface area contributed by atoms with Gasteiger partial charge in [0, 0.05) is 12.8 Å². The predicted octanol–water partition coefficient (Wildman–Crippen LogP) is 5.37. The first kappa shape index (κ1) is 25.1. The maximum atomic E-state index is 13.1. The summed E-state index contributed by atoms with van der Waals surface area (Å²) < 4.78 is 6.00. The number of carbonyl (C=O) groups is 4. The van der Waals surface area contributed by atoms with E-state index >= 15 is 0 Å². The van der Waals surface area contributed by atoms with Gasteiger partial charge in [-0.1, -0.05) is 40.0 Å². The van der Waals surface area contributed by atoms with Gasteiger partial charge in [0.25, 0.3) is 11.8 Å². The van der Waals surface area contributed by atoms with E-state index in [2.05, 4.69) is 13.8 Å². The maximum absolute atomic E-state index is 13.1. The lowest BCUT2D eigenvalue weighted by molar-refractivity contribution is -0.122. The van der Waals surface area contributed by atoms with E-state index in [0.717, 1.165) is 4.90 Å². The van der Waals surface area contributed by atoms with Crippen LogP contribution in [-0.4, -0.2) is 40.9 Å². The van der Waals surface area contributed by atoms with Gasteiger partial charge >= 0.3 is 0 Å². The Labute approximate surface area is 197 Å². The molecule has 0 aromatic heterocycles. The average Bonchev–Trinajstić information content (AvgIpc) is 3.02. The van der Waals surface area contributed by atoms with Crippen molar-refractivity contribution in [2.45, 2.75) is 91.5 Å². The summed E-state index contributed by atoms with van der Waals surface area (Å²) in [6.45, 7) is 8.22. The van der Waals surface area contributed by atoms with E-state index in [1.165, 1.54) is 45.4 Å². The summed E-state index contributed by atoms with van der Waals surface area (Å²) in [5.74, 6) is -0.170. The minimum absolute atomic E-state index is 0.00586. The number of fused-ring (bicyclic) bond motifs is 1. The molecule has 180 valence electrons. The second kappa shape index (κ2) is 10.6. The van der Waals surface area contributed by atoms with Crippen LogP contribution in [-0.2, 0) is 9.59 Å². The minimum Gasteiger partial charge on any atom is -0.493 e. The largest absolute Gasteiger partial charge is 0.493 e. The quantitative estimate of drug-likeness (QED) is 0.373. The summed E-state index contributed by atoms with van der Waals surface area (Å²) in [4.78, 5) is 51.0. The third kappa shape index (κ3) is 5.36. The molecule has 0 N–H and O–H groups in total. The zero-order valence-corrected chi connectivity index (χ0v) is 20.4. The van der Waals surface area contributed by atoms with Crippen LogP contribution in [0.3, 0.4) is 0 Å². The highest BCUT2D eigenvalue weighted by Crippen LogP contribution is 2.51. The van der Waals surface area contributed by atoms with Gasteiger partial charge in [0.05, 0.1) is 23.8 Å². The first-order chi connectivity index (χ1) is 15.7. The molecular weight excluding hydrogens is 418 g/mol. The smallest absolute Gasteiger partial charge is 0.262 e. The molecule has 6 heteroatoms. The Morgan fingerprint density at radius 2 is 1.82 bits per heavy atom. The van der Waals surface area contributed by atoms with Gasteiger partial charge in [0.15, 0.2) is 5.78 Å². The van der Waals surface area contributed by atoms with Gasteiger partial charge in [-0.15, -0.1) is 0 Å². The van der Waals surface area contributed by atoms with Crippen molar-refractivity contribution < 1.29 is 23.9 Å². The van der Waals surface area contributed by atoms with Crippen LogP contribution in [0.15, 0.2) is 18.2 Å². The molecule has 1 heterocycles. The third-order valence-corrected chi connectivity index (χ3v) is 7.50. The summed E-state index contributed by atoms with van der Waals surface area (Å²) in [5.41, 5.74) is 1.02. The molecule has 0 saturated heterocycles. The molecule has 1 aromatic rings. The number of carbonyl (C=O) groups excluding carboxylic acids is 4. The highest BCUT2D eigenvalue weighted by molar-refractivity contribution is 6.23. The topological polar surface area (TPSA) is 80.8 Å². The minimum atomic E-state index is -0.919. The van der Waals surface area contributed by atoms with E-state index in [1.54, 1.807) is 25.1 Å². The Balaban J connectivity index is 1.64. The normalized spacial score (nSPS) is 22.7. The Kier molecular flexibility index (Phi) is 8.09. The number of unbranched alkanes of at least 4 members (excludes halogenated alkanes) is 1. The number of amides is 2. The molecule has 3 rings (SSSR count). The zero-order valence-electron chi connectivity index (χ0n) is 20.4. The van der Waals surface area contributed by atoms with Gasteiger partial charge in [0.1, 0.15) is 11.5 Å². The van der Waals surface area contributed by atoms with Crippen molar-refractivity contribution in [3.05, 3.63) is 29.3 Å². The van der Waals surface area contributed by atoms with Crippen molar-refractivity contribution in [3.63, 3.8) is 0 Å². The monoisotopic (exact) mass is 455 g/mol. The van der Waals surface area contributed by atoms with E-state index < -0.39 is 17.9 Å². The lowest BCUT2D eigenvalue weighted by atomic mass is 9.58. The molecule has 1 saturated carbocycles. The summed E-state index contributed by atoms with van der Waals surface area (Å²) in [5, 5.41) is 0. The summed E-state index contributed by atoms with van der Waals surface area (Å²) in [6, 6.07) is 4.03. The number of imide groups is 1. The van der Waals surface area contributed by atoms with Crippen molar-refractivity contribution in [1.82, 2.24) is 4.90 Å². The Bertz CT molecular complexity index is 915. The molecule has 1 aromatic carbocycles. The molecule has 6 nitrogen and oxygen atoms in total. The number of ether oxygens (including phenoxy) is 1. The Hall–Kier alpha value is -2.50. The van der Waals surface area contributed by atoms with E-state index in [4.69, 9.17) is 4.74 Å². The van der Waals surface area contributed by atoms with Gasteiger partial charge < -0.3 is 4.74 Å². The van der Waals surface area contributed by atoms with Gasteiger partial charge in [-0.3, -0.25) is 24.1 Å². The first-order valence-corrected chi connectivity index (χ1v) is 12.4. The summed E-state index contributed by atoms with van der Waals surface area (Å²) in [7, 11) is 0. The second-order valence-corrected chi connectivity index (χ2v) is 9.79. The maximum Gasteiger partial charge on any atom is 0.262 e. The summed E-state index contributed by atoms with van der Waals surface area (Å²) in [6.07, 6.45) is 8.03. The zero-order chi connectivity index (χ0) is 24.2. The van der Waals surface area contributed by atoms with Crippen molar-refractivity contribution >= 4 is 23.4 Å². The highest BCUT2D eigenvalue weighted by Gasteiger charge is 2.43. The number of rotatable bonds is 13. The molecule has 0 bridgehead atoms. The molecule has 33 heavy (non-hydrogen) atoms. The molecule has 2 amide bonds. The number of hydrogen-bond acceptors (Lipinski definition) is 5. The van der Waals surface area contributed by atoms with Crippen molar-refractivity contribution in [3.8, 4) is 5.75 Å². The molecule has 1 fully saturated rings. The number of nitrogens with zero attached hydrogens (tertiary/aromatic N) is 1. The molecule has 1 aliphatic carbocycles. The van der Waals surface area contributed by atoms with Crippen LogP contribution in [0.4, 0.5) is 0 Å². The van der Waals surface area contributed by atoms with E-state index in [1.807, 2.05) is 0 Å². The Morgan fingerprint density at radius 3 is 2.42 bits per heavy atom. The average molecular weight is 456 g/mol. The van der Waals surface area contributed by atoms with Crippen LogP contribution < -0.4 is 4.74 Å². The molecule has 2 aliphatic rings. The number of hydrogen-bond donors (Lipinski definition) is 0. The van der Waals surface area contributed by atoms with Crippen molar-refractivity contribution in [2.24, 2.45) is 11.3 Å². The van der Waals surface area contributed by atoms with Crippen LogP contribution in [0.5, 0.6) is 5.75 Å². The van der Waals surface area contributed by atoms with Gasteiger partial charge in [-0.25, -0.2) is 0 Å². The van der Waals surface area contributed by atoms with E-state index in [-0.39, 0.29) is 35.5 Å². The third-order valence-electron chi connectivity index (χ3n) is 7.50. The highest BCUT2D eigenvalue weighted by atomic mass is 16.5. The van der Waals surface area contributed by atoms with Crippen molar-refractivity contribution in [2.75, 3.05) is 6.61 Å². The molecule has 1 unspecified atom stereocenters. The fourth-order valence-corrected chi connectivity index (χ4v) is 5.32. The summed E-state index contributed by atoms with van der Waals surface area (Å²) >= 11 is 0. The number of benzene rings is 1. The standard InChI is InChI=1S/C27H37NO5/c1-5-8-13-27(7-3)15-19(16-27)17-33-21-10-11-22-23(14-21)26(32)28(25(22)31)24(18(4)29)12-9-20(30)6-2/h10-11,14,19,24H,5-9,12-13,15-17H2,1-4H3. The van der Waals surface area contributed by atoms with Crippen LogP contribution in [0.1, 0.15) is 106 Å². The number of ketones is 2. The van der Waals surface area contributed by atoms with Gasteiger partial charge in [0.2, 0.25) is 0 Å². The van der Waals surface area contributed by atoms with E-state index in [0.29, 0.717) is 30.1 Å². The van der Waals surface area contributed by atoms with E-state index in [9.17, 15) is 19.2 Å². The van der Waals surface area contributed by atoms with Crippen LogP contribution in [0.25, 0.3) is 0 Å². The van der Waals surface area contributed by atoms with Crippen molar-refractivity contribution in [1.29, 1.82) is 0 Å². The molecule has 0 radical (unpaired) electrons. The Morgan fingerprint density at radius 1 is 1.12 bits per heavy atom. The predicted molar refractivity (Wildman–Crippen MR) is 126 cm³/mol. The second-order valence-electron chi connectivity index (χ2n) is 9.79. The van der Waals surface area contributed by atoms with Crippen LogP contribution in [0, 0.1) is 11.3 Å². The van der Waals surface area contributed by atoms with Gasteiger partial charge in [-0.05, 0) is 62.1 Å². The SMILES string of the molecule is CCCCC1(CC)CC(COc2ccc3c(c2)C(=O)N(C(CCC(=O)CC)C(C)=O)C3=O)C1. The molecule has 1 atom stereocenters. The van der Waals surface area contributed by atoms with Crippen LogP contribution >= 0.6 is 0 Å². The lowest BCUT2D eigenvalue weighted by Crippen LogP contribution is -2.44. The molecule has 0 spiro atoms. The first-order valence-electron chi connectivity index (χ1n) is 12.4. The van der Waals surface area contributed by atoms with Gasteiger partial charge in [-0.2, -0.15) is 0 Å². The molecular formula is C27H37NO5. The fourth-order valence-electron chi connectivity index (χ4n) is 5.32. The lowest BCUT2D eigenvalue weighted by Gasteiger charge is -2.47. The van der Waals surface area contributed by atoms with Crippen LogP contribution in [0.2, 0.25) is 0 Å². The fraction of sp³-hybridized carbons (Fsp3) is 0.630.